The van der Waals surface area contributed by atoms with Crippen molar-refractivity contribution in [1.29, 1.82) is 0 Å². The molecule has 0 spiro atoms. The van der Waals surface area contributed by atoms with Gasteiger partial charge >= 0.3 is 0 Å². The molecule has 5 nitrogen and oxygen atoms in total. The van der Waals surface area contributed by atoms with Crippen LogP contribution in [0.4, 0.5) is 5.69 Å². The van der Waals surface area contributed by atoms with Gasteiger partial charge in [-0.25, -0.2) is 4.98 Å². The molecule has 1 atom stereocenters. The minimum atomic E-state index is -0.508. The van der Waals surface area contributed by atoms with E-state index < -0.39 is 5.91 Å². The zero-order valence-corrected chi connectivity index (χ0v) is 13.3. The quantitative estimate of drug-likeness (QED) is 0.823. The predicted octanol–water partition coefficient (Wildman–Crippen LogP) is 2.95. The number of aromatic nitrogens is 1. The lowest BCUT2D eigenvalue weighted by Gasteiger charge is -2.12. The lowest BCUT2D eigenvalue weighted by atomic mass is 10.2. The van der Waals surface area contributed by atoms with Crippen LogP contribution in [0.15, 0.2) is 47.6 Å². The molecular formula is C15H14ClN3O2S. The number of carbonyl (C=O) groups excluding carboxylic acids is 2. The maximum Gasteiger partial charge on any atom is 0.248 e. The Morgan fingerprint density at radius 3 is 2.55 bits per heavy atom. The van der Waals surface area contributed by atoms with Crippen LogP contribution >= 0.6 is 23.4 Å². The number of hydrogen-bond acceptors (Lipinski definition) is 4. The van der Waals surface area contributed by atoms with E-state index in [1.165, 1.54) is 11.8 Å². The first kappa shape index (κ1) is 16.3. The Kier molecular flexibility index (Phi) is 5.41. The highest BCUT2D eigenvalue weighted by molar-refractivity contribution is 8.00. The molecule has 2 rings (SSSR count). The molecule has 0 radical (unpaired) electrons. The topological polar surface area (TPSA) is 85.1 Å². The van der Waals surface area contributed by atoms with Crippen LogP contribution in [0, 0.1) is 0 Å². The summed E-state index contributed by atoms with van der Waals surface area (Å²) in [6.45, 7) is 1.77. The normalized spacial score (nSPS) is 11.7. The molecule has 0 aliphatic rings. The number of rotatable bonds is 5. The molecule has 0 saturated heterocycles. The van der Waals surface area contributed by atoms with Crippen LogP contribution in [0.1, 0.15) is 17.3 Å². The summed E-state index contributed by atoms with van der Waals surface area (Å²) in [6, 6.07) is 9.84. The van der Waals surface area contributed by atoms with Gasteiger partial charge in [0.1, 0.15) is 5.03 Å². The third-order valence-electron chi connectivity index (χ3n) is 2.82. The molecule has 2 aromatic rings. The van der Waals surface area contributed by atoms with Crippen molar-refractivity contribution in [1.82, 2.24) is 4.98 Å². The highest BCUT2D eigenvalue weighted by Crippen LogP contribution is 2.28. The zero-order chi connectivity index (χ0) is 16.1. The number of anilines is 1. The van der Waals surface area contributed by atoms with Crippen LogP contribution in [-0.2, 0) is 4.79 Å². The van der Waals surface area contributed by atoms with Gasteiger partial charge in [-0.3, -0.25) is 9.59 Å². The molecule has 1 unspecified atom stereocenters. The first-order valence-electron chi connectivity index (χ1n) is 6.45. The molecule has 1 aromatic carbocycles. The summed E-state index contributed by atoms with van der Waals surface area (Å²) in [4.78, 5) is 27.3. The van der Waals surface area contributed by atoms with Crippen LogP contribution in [0.25, 0.3) is 0 Å². The molecular weight excluding hydrogens is 322 g/mol. The standard InChI is InChI=1S/C15H14ClN3O2S/c1-9(22-15-12(16)3-2-8-18-15)14(21)19-11-6-4-10(5-7-11)13(17)20/h2-9H,1H3,(H2,17,20)(H,19,21). The third kappa shape index (κ3) is 4.22. The van der Waals surface area contributed by atoms with Gasteiger partial charge in [0.25, 0.3) is 0 Å². The van der Waals surface area contributed by atoms with E-state index in [-0.39, 0.29) is 11.2 Å². The predicted molar refractivity (Wildman–Crippen MR) is 88.2 cm³/mol. The molecule has 1 aromatic heterocycles. The zero-order valence-electron chi connectivity index (χ0n) is 11.7. The highest BCUT2D eigenvalue weighted by atomic mass is 35.5. The van der Waals surface area contributed by atoms with Crippen molar-refractivity contribution in [2.75, 3.05) is 5.32 Å². The molecule has 7 heteroatoms. The summed E-state index contributed by atoms with van der Waals surface area (Å²) in [5.74, 6) is -0.690. The van der Waals surface area contributed by atoms with Gasteiger partial charge < -0.3 is 11.1 Å². The Morgan fingerprint density at radius 2 is 1.95 bits per heavy atom. The number of hydrogen-bond donors (Lipinski definition) is 2. The Morgan fingerprint density at radius 1 is 1.27 bits per heavy atom. The molecule has 22 heavy (non-hydrogen) atoms. The number of primary amides is 1. The molecule has 0 saturated carbocycles. The average Bonchev–Trinajstić information content (AvgIpc) is 2.50. The van der Waals surface area contributed by atoms with E-state index in [2.05, 4.69) is 10.3 Å². The molecule has 114 valence electrons. The summed E-state index contributed by atoms with van der Waals surface area (Å²) >= 11 is 7.30. The van der Waals surface area contributed by atoms with Crippen molar-refractivity contribution in [3.63, 3.8) is 0 Å². The fourth-order valence-electron chi connectivity index (χ4n) is 1.64. The van der Waals surface area contributed by atoms with E-state index in [0.717, 1.165) is 0 Å². The molecule has 2 amide bonds. The smallest absolute Gasteiger partial charge is 0.248 e. The monoisotopic (exact) mass is 335 g/mol. The number of carbonyl (C=O) groups is 2. The van der Waals surface area contributed by atoms with Crippen LogP contribution in [-0.4, -0.2) is 22.0 Å². The van der Waals surface area contributed by atoms with Crippen molar-refractivity contribution in [3.8, 4) is 0 Å². The Bertz CT molecular complexity index is 691. The number of benzene rings is 1. The van der Waals surface area contributed by atoms with Gasteiger partial charge in [0, 0.05) is 17.4 Å². The lowest BCUT2D eigenvalue weighted by molar-refractivity contribution is -0.115. The SMILES string of the molecule is CC(Sc1ncccc1Cl)C(=O)Nc1ccc(C(N)=O)cc1. The number of amides is 2. The summed E-state index contributed by atoms with van der Waals surface area (Å²) < 4.78 is 0. The molecule has 0 aliphatic carbocycles. The second-order valence-corrected chi connectivity index (χ2v) is 6.22. The number of nitrogens with one attached hydrogen (secondary N) is 1. The summed E-state index contributed by atoms with van der Waals surface area (Å²) in [5.41, 5.74) is 6.15. The second kappa shape index (κ2) is 7.29. The highest BCUT2D eigenvalue weighted by Gasteiger charge is 2.16. The van der Waals surface area contributed by atoms with Crippen molar-refractivity contribution in [2.45, 2.75) is 17.2 Å². The van der Waals surface area contributed by atoms with Crippen LogP contribution in [0.2, 0.25) is 5.02 Å². The van der Waals surface area contributed by atoms with Crippen molar-refractivity contribution < 1.29 is 9.59 Å². The summed E-state index contributed by atoms with van der Waals surface area (Å²) in [5, 5.41) is 3.51. The number of pyridine rings is 1. The minimum absolute atomic E-state index is 0.182. The summed E-state index contributed by atoms with van der Waals surface area (Å²) in [6.07, 6.45) is 1.63. The van der Waals surface area contributed by atoms with Crippen LogP contribution in [0.3, 0.4) is 0 Å². The van der Waals surface area contributed by atoms with Crippen LogP contribution in [0.5, 0.6) is 0 Å². The maximum atomic E-state index is 12.2. The second-order valence-electron chi connectivity index (χ2n) is 4.48. The molecule has 3 N–H and O–H groups in total. The van der Waals surface area contributed by atoms with E-state index >= 15 is 0 Å². The molecule has 1 heterocycles. The van der Waals surface area contributed by atoms with E-state index in [1.807, 2.05) is 0 Å². The number of nitrogens with zero attached hydrogens (tertiary/aromatic N) is 1. The summed E-state index contributed by atoms with van der Waals surface area (Å²) in [7, 11) is 0. The van der Waals surface area contributed by atoms with Gasteiger partial charge in [-0.05, 0) is 43.3 Å². The van der Waals surface area contributed by atoms with Crippen molar-refractivity contribution in [3.05, 3.63) is 53.2 Å². The maximum absolute atomic E-state index is 12.2. The Labute approximate surface area is 137 Å². The first-order valence-corrected chi connectivity index (χ1v) is 7.71. The lowest BCUT2D eigenvalue weighted by Crippen LogP contribution is -2.22. The van der Waals surface area contributed by atoms with Crippen LogP contribution < -0.4 is 11.1 Å². The van der Waals surface area contributed by atoms with E-state index in [9.17, 15) is 9.59 Å². The average molecular weight is 336 g/mol. The van der Waals surface area contributed by atoms with Crippen molar-refractivity contribution >= 4 is 40.9 Å². The van der Waals surface area contributed by atoms with Gasteiger partial charge in [-0.2, -0.15) is 0 Å². The molecule has 0 fully saturated rings. The van der Waals surface area contributed by atoms with Gasteiger partial charge in [-0.1, -0.05) is 23.4 Å². The molecule has 0 bridgehead atoms. The third-order valence-corrected chi connectivity index (χ3v) is 4.35. The fourth-order valence-corrected chi connectivity index (χ4v) is 2.70. The minimum Gasteiger partial charge on any atom is -0.366 e. The number of nitrogens with two attached hydrogens (primary N) is 1. The van der Waals surface area contributed by atoms with E-state index in [4.69, 9.17) is 17.3 Å². The fraction of sp³-hybridized carbons (Fsp3) is 0.133. The van der Waals surface area contributed by atoms with Gasteiger partial charge in [0.05, 0.1) is 10.3 Å². The van der Waals surface area contributed by atoms with Gasteiger partial charge in [-0.15, -0.1) is 0 Å². The number of halogens is 1. The van der Waals surface area contributed by atoms with Gasteiger partial charge in [0.15, 0.2) is 0 Å². The van der Waals surface area contributed by atoms with E-state index in [1.54, 1.807) is 49.5 Å². The largest absolute Gasteiger partial charge is 0.366 e. The van der Waals surface area contributed by atoms with Crippen molar-refractivity contribution in [2.24, 2.45) is 5.73 Å². The first-order chi connectivity index (χ1) is 10.5. The van der Waals surface area contributed by atoms with Gasteiger partial charge in [0.2, 0.25) is 11.8 Å². The Hall–Kier alpha value is -2.05. The molecule has 0 aliphatic heterocycles. The van der Waals surface area contributed by atoms with E-state index in [0.29, 0.717) is 21.3 Å². The number of thioether (sulfide) groups is 1. The Balaban J connectivity index is 1.99.